The minimum atomic E-state index is -0.474. The summed E-state index contributed by atoms with van der Waals surface area (Å²) in [6.45, 7) is 2.58. The van der Waals surface area contributed by atoms with Crippen molar-refractivity contribution in [2.45, 2.75) is 19.8 Å². The first-order valence-corrected chi connectivity index (χ1v) is 6.11. The lowest BCUT2D eigenvalue weighted by Gasteiger charge is -2.24. The number of nitrogens with zero attached hydrogens (tertiary/aromatic N) is 1. The molecule has 1 fully saturated rings. The summed E-state index contributed by atoms with van der Waals surface area (Å²) in [6, 6.07) is 4.69. The van der Waals surface area contributed by atoms with Gasteiger partial charge in [-0.2, -0.15) is 0 Å². The number of terminal acetylenes is 1. The maximum Gasteiger partial charge on any atom is 0.164 e. The van der Waals surface area contributed by atoms with Crippen LogP contribution in [0, 0.1) is 24.1 Å². The molecule has 94 valence electrons. The molecule has 1 aliphatic rings. The lowest BCUT2D eigenvalue weighted by molar-refractivity contribution is 0.101. The largest absolute Gasteiger partial charge is 0.359 e. The van der Waals surface area contributed by atoms with E-state index < -0.39 is 5.82 Å². The summed E-state index contributed by atoms with van der Waals surface area (Å²) < 4.78 is 13.8. The zero-order valence-corrected chi connectivity index (χ0v) is 10.4. The van der Waals surface area contributed by atoms with Gasteiger partial charge >= 0.3 is 0 Å². The van der Waals surface area contributed by atoms with Gasteiger partial charge in [0.05, 0.1) is 17.8 Å². The van der Waals surface area contributed by atoms with Crippen molar-refractivity contribution in [3.63, 3.8) is 0 Å². The van der Waals surface area contributed by atoms with Gasteiger partial charge in [-0.15, -0.1) is 6.42 Å². The first kappa shape index (κ1) is 12.6. The predicted molar refractivity (Wildman–Crippen MR) is 70.2 cm³/mol. The van der Waals surface area contributed by atoms with E-state index in [0.29, 0.717) is 18.2 Å². The second kappa shape index (κ2) is 5.22. The monoisotopic (exact) mass is 245 g/mol. The summed E-state index contributed by atoms with van der Waals surface area (Å²) in [5.41, 5.74) is 0.765. The van der Waals surface area contributed by atoms with Crippen LogP contribution in [-0.2, 0) is 0 Å². The molecule has 2 nitrogen and oxygen atoms in total. The Balaban J connectivity index is 2.36. The molecule has 0 N–H and O–H groups in total. The van der Waals surface area contributed by atoms with Crippen molar-refractivity contribution in [3.8, 4) is 12.3 Å². The van der Waals surface area contributed by atoms with E-state index in [1.54, 1.807) is 12.1 Å². The van der Waals surface area contributed by atoms with Crippen LogP contribution in [0.1, 0.15) is 30.1 Å². The van der Waals surface area contributed by atoms with Crippen LogP contribution in [0.25, 0.3) is 0 Å². The molecule has 0 aromatic heterocycles. The molecule has 0 radical (unpaired) electrons. The highest BCUT2D eigenvalue weighted by Crippen LogP contribution is 2.33. The van der Waals surface area contributed by atoms with Crippen molar-refractivity contribution in [1.29, 1.82) is 0 Å². The molecular weight excluding hydrogens is 229 g/mol. The lowest BCUT2D eigenvalue weighted by Crippen LogP contribution is -2.28. The molecule has 0 saturated heterocycles. The molecule has 2 rings (SSSR count). The highest BCUT2D eigenvalue weighted by Gasteiger charge is 2.26. The van der Waals surface area contributed by atoms with Crippen LogP contribution >= 0.6 is 0 Å². The van der Waals surface area contributed by atoms with Gasteiger partial charge in [-0.3, -0.25) is 4.79 Å². The number of hydrogen-bond acceptors (Lipinski definition) is 2. The Hall–Kier alpha value is -1.82. The zero-order valence-electron chi connectivity index (χ0n) is 10.4. The van der Waals surface area contributed by atoms with Crippen molar-refractivity contribution in [2.24, 2.45) is 5.92 Å². The van der Waals surface area contributed by atoms with E-state index in [-0.39, 0.29) is 11.3 Å². The van der Waals surface area contributed by atoms with Gasteiger partial charge in [-0.25, -0.2) is 4.39 Å². The van der Waals surface area contributed by atoms with E-state index in [1.807, 2.05) is 4.90 Å². The Kier molecular flexibility index (Phi) is 3.66. The van der Waals surface area contributed by atoms with Crippen LogP contribution in [0.15, 0.2) is 18.2 Å². The number of anilines is 1. The fraction of sp³-hybridized carbons (Fsp3) is 0.400. The Morgan fingerprint density at radius 2 is 2.28 bits per heavy atom. The van der Waals surface area contributed by atoms with E-state index in [0.717, 1.165) is 6.54 Å². The molecule has 1 aromatic rings. The summed E-state index contributed by atoms with van der Waals surface area (Å²) in [6.07, 6.45) is 7.73. The van der Waals surface area contributed by atoms with Gasteiger partial charge in [-0.1, -0.05) is 12.0 Å². The van der Waals surface area contributed by atoms with Gasteiger partial charge in [0.1, 0.15) is 5.82 Å². The number of halogens is 1. The van der Waals surface area contributed by atoms with Crippen molar-refractivity contribution >= 4 is 11.5 Å². The number of hydrogen-bond donors (Lipinski definition) is 0. The van der Waals surface area contributed by atoms with E-state index in [1.165, 1.54) is 25.8 Å². The first-order valence-electron chi connectivity index (χ1n) is 6.11. The Morgan fingerprint density at radius 3 is 2.83 bits per heavy atom. The highest BCUT2D eigenvalue weighted by molar-refractivity contribution is 6.00. The predicted octanol–water partition coefficient (Wildman–Crippen LogP) is 2.88. The van der Waals surface area contributed by atoms with Crippen LogP contribution in [0.5, 0.6) is 0 Å². The maximum absolute atomic E-state index is 13.8. The molecule has 0 heterocycles. The topological polar surface area (TPSA) is 20.3 Å². The smallest absolute Gasteiger partial charge is 0.164 e. The van der Waals surface area contributed by atoms with Crippen LogP contribution < -0.4 is 4.90 Å². The van der Waals surface area contributed by atoms with E-state index in [2.05, 4.69) is 5.92 Å². The molecule has 1 aliphatic carbocycles. The number of ketones is 1. The lowest BCUT2D eigenvalue weighted by atomic mass is 10.1. The molecule has 0 bridgehead atoms. The van der Waals surface area contributed by atoms with Crippen LogP contribution in [0.3, 0.4) is 0 Å². The van der Waals surface area contributed by atoms with Gasteiger partial charge in [0, 0.05) is 6.54 Å². The number of carbonyl (C=O) groups is 1. The van der Waals surface area contributed by atoms with Crippen molar-refractivity contribution in [1.82, 2.24) is 0 Å². The van der Waals surface area contributed by atoms with Gasteiger partial charge in [-0.05, 0) is 37.8 Å². The highest BCUT2D eigenvalue weighted by atomic mass is 19.1. The second-order valence-corrected chi connectivity index (χ2v) is 4.72. The average Bonchev–Trinajstić information content (AvgIpc) is 3.11. The average molecular weight is 245 g/mol. The molecule has 0 amide bonds. The molecule has 0 unspecified atom stereocenters. The van der Waals surface area contributed by atoms with Gasteiger partial charge in [0.2, 0.25) is 0 Å². The maximum atomic E-state index is 13.8. The van der Waals surface area contributed by atoms with E-state index in [9.17, 15) is 9.18 Å². The minimum absolute atomic E-state index is 0.147. The summed E-state index contributed by atoms with van der Waals surface area (Å²) in [4.78, 5) is 13.5. The molecule has 0 atom stereocenters. The second-order valence-electron chi connectivity index (χ2n) is 4.72. The van der Waals surface area contributed by atoms with Crippen molar-refractivity contribution < 1.29 is 9.18 Å². The standard InChI is InChI=1S/C15H16FNO/c1-3-9-17(10-12-7-8-12)14-6-4-5-13(16)15(14)11(2)18/h1,4-6,12H,7-10H2,2H3. The molecule has 3 heteroatoms. The van der Waals surface area contributed by atoms with Gasteiger partial charge in [0.25, 0.3) is 0 Å². The summed E-state index contributed by atoms with van der Waals surface area (Å²) >= 11 is 0. The third kappa shape index (κ3) is 2.70. The molecule has 18 heavy (non-hydrogen) atoms. The molecule has 1 saturated carbocycles. The van der Waals surface area contributed by atoms with Gasteiger partial charge in [0.15, 0.2) is 5.78 Å². The third-order valence-corrected chi connectivity index (χ3v) is 3.14. The molecule has 0 aliphatic heterocycles. The molecule has 1 aromatic carbocycles. The van der Waals surface area contributed by atoms with Crippen molar-refractivity contribution in [2.75, 3.05) is 18.0 Å². The molecule has 0 spiro atoms. The Labute approximate surface area is 107 Å². The molecular formula is C15H16FNO. The van der Waals surface area contributed by atoms with Crippen LogP contribution in [0.2, 0.25) is 0 Å². The normalized spacial score (nSPS) is 14.1. The number of rotatable bonds is 5. The van der Waals surface area contributed by atoms with Crippen LogP contribution in [-0.4, -0.2) is 18.9 Å². The fourth-order valence-electron chi connectivity index (χ4n) is 2.10. The third-order valence-electron chi connectivity index (χ3n) is 3.14. The zero-order chi connectivity index (χ0) is 13.1. The Morgan fingerprint density at radius 1 is 1.56 bits per heavy atom. The fourth-order valence-corrected chi connectivity index (χ4v) is 2.10. The SMILES string of the molecule is C#CCN(CC1CC1)c1cccc(F)c1C(C)=O. The van der Waals surface area contributed by atoms with Crippen molar-refractivity contribution in [3.05, 3.63) is 29.6 Å². The number of benzene rings is 1. The summed E-state index contributed by atoms with van der Waals surface area (Å²) in [5.74, 6) is 2.47. The first-order chi connectivity index (χ1) is 8.63. The van der Waals surface area contributed by atoms with E-state index >= 15 is 0 Å². The number of carbonyl (C=O) groups excluding carboxylic acids is 1. The minimum Gasteiger partial charge on any atom is -0.359 e. The quantitative estimate of drug-likeness (QED) is 0.587. The summed E-state index contributed by atoms with van der Waals surface area (Å²) in [7, 11) is 0. The summed E-state index contributed by atoms with van der Waals surface area (Å²) in [5, 5.41) is 0. The van der Waals surface area contributed by atoms with Gasteiger partial charge < -0.3 is 4.90 Å². The van der Waals surface area contributed by atoms with Crippen LogP contribution in [0.4, 0.5) is 10.1 Å². The Bertz CT molecular complexity index is 500. The van der Waals surface area contributed by atoms with E-state index in [4.69, 9.17) is 6.42 Å². The number of Topliss-reactive ketones (excluding diaryl/α,β-unsaturated/α-hetero) is 1.